The fourth-order valence-corrected chi connectivity index (χ4v) is 1.95. The zero-order chi connectivity index (χ0) is 18.4. The highest BCUT2D eigenvalue weighted by molar-refractivity contribution is 6.21. The van der Waals surface area contributed by atoms with Crippen molar-refractivity contribution in [1.29, 1.82) is 0 Å². The Morgan fingerprint density at radius 1 is 1.21 bits per heavy atom. The second-order valence-electron chi connectivity index (χ2n) is 4.53. The first kappa shape index (κ1) is 19.0. The molecule has 1 atom stereocenters. The topological polar surface area (TPSA) is 147 Å². The van der Waals surface area contributed by atoms with E-state index in [0.29, 0.717) is 5.01 Å². The normalized spacial score (nSPS) is 19.3. The maximum Gasteiger partial charge on any atom is 0.429 e. The standard InChI is InChI=1S/C12H20N6O6/c1-5-23-10(20)15-18(12(22)24-6-2)7-8(14-13)16(3)11(21)17(4)9(7)19/h7H,5-6,13H2,1-4H3,(H,15,20). The molecule has 5 amide bonds. The number of hydrogen-bond donors (Lipinski definition) is 2. The maximum absolute atomic E-state index is 12.4. The molecule has 0 radical (unpaired) electrons. The largest absolute Gasteiger partial charge is 0.449 e. The Hall–Kier alpha value is -3.05. The summed E-state index contributed by atoms with van der Waals surface area (Å²) in [7, 11) is 2.53. The predicted molar refractivity (Wildman–Crippen MR) is 80.4 cm³/mol. The Bertz CT molecular complexity index is 564. The lowest BCUT2D eigenvalue weighted by atomic mass is 10.1. The van der Waals surface area contributed by atoms with Crippen molar-refractivity contribution in [1.82, 2.24) is 20.2 Å². The molecule has 1 rings (SSSR count). The van der Waals surface area contributed by atoms with Gasteiger partial charge in [0.2, 0.25) is 0 Å². The van der Waals surface area contributed by atoms with Crippen LogP contribution in [0.3, 0.4) is 0 Å². The number of amides is 5. The van der Waals surface area contributed by atoms with E-state index in [4.69, 9.17) is 15.3 Å². The smallest absolute Gasteiger partial charge is 0.429 e. The van der Waals surface area contributed by atoms with Gasteiger partial charge in [0.25, 0.3) is 5.91 Å². The van der Waals surface area contributed by atoms with Crippen LogP contribution in [0.1, 0.15) is 13.8 Å². The molecule has 1 fully saturated rings. The number of nitrogens with one attached hydrogen (secondary N) is 1. The molecule has 12 nitrogen and oxygen atoms in total. The van der Waals surface area contributed by atoms with E-state index in [1.165, 1.54) is 14.1 Å². The van der Waals surface area contributed by atoms with Gasteiger partial charge in [0.05, 0.1) is 13.2 Å². The van der Waals surface area contributed by atoms with Gasteiger partial charge in [-0.05, 0) is 13.8 Å². The van der Waals surface area contributed by atoms with Crippen molar-refractivity contribution in [2.75, 3.05) is 27.3 Å². The SMILES string of the molecule is CCOC(=O)NN(C(=O)OCC)C1C(=O)N(C)C(=O)N(C)C1=NN. The summed E-state index contributed by atoms with van der Waals surface area (Å²) in [6, 6.07) is -2.19. The van der Waals surface area contributed by atoms with Crippen LogP contribution in [0, 0.1) is 0 Å². The number of carbonyl (C=O) groups excluding carboxylic acids is 4. The van der Waals surface area contributed by atoms with Gasteiger partial charge in [-0.15, -0.1) is 0 Å². The molecule has 1 unspecified atom stereocenters. The summed E-state index contributed by atoms with van der Waals surface area (Å²) in [6.07, 6.45) is -2.03. The molecule has 0 spiro atoms. The molecule has 1 heterocycles. The van der Waals surface area contributed by atoms with Gasteiger partial charge in [-0.3, -0.25) is 14.6 Å². The van der Waals surface area contributed by atoms with Crippen molar-refractivity contribution in [2.24, 2.45) is 10.9 Å². The number of nitrogens with zero attached hydrogens (tertiary/aromatic N) is 4. The number of hydrazone groups is 1. The van der Waals surface area contributed by atoms with E-state index in [1.807, 2.05) is 0 Å². The first-order valence-electron chi connectivity index (χ1n) is 7.02. The molecule has 1 aliphatic heterocycles. The number of nitrogens with two attached hydrogens (primary N) is 1. The maximum atomic E-state index is 12.4. The average Bonchev–Trinajstić information content (AvgIpc) is 2.54. The van der Waals surface area contributed by atoms with Crippen LogP contribution in [0.15, 0.2) is 5.10 Å². The molecule has 12 heteroatoms. The van der Waals surface area contributed by atoms with Gasteiger partial charge in [-0.25, -0.2) is 19.8 Å². The number of imide groups is 1. The third-order valence-electron chi connectivity index (χ3n) is 3.07. The van der Waals surface area contributed by atoms with Crippen molar-refractivity contribution >= 4 is 30.0 Å². The summed E-state index contributed by atoms with van der Waals surface area (Å²) >= 11 is 0. The third kappa shape index (κ3) is 3.64. The van der Waals surface area contributed by atoms with Crippen LogP contribution in [0.2, 0.25) is 0 Å². The number of likely N-dealkylation sites (N-methyl/N-ethyl adjacent to an activating group) is 2. The van der Waals surface area contributed by atoms with Crippen LogP contribution < -0.4 is 11.3 Å². The van der Waals surface area contributed by atoms with E-state index >= 15 is 0 Å². The quantitative estimate of drug-likeness (QED) is 0.506. The van der Waals surface area contributed by atoms with Crippen LogP contribution in [0.25, 0.3) is 0 Å². The van der Waals surface area contributed by atoms with Gasteiger partial charge in [0, 0.05) is 14.1 Å². The monoisotopic (exact) mass is 344 g/mol. The molecule has 0 bridgehead atoms. The molecule has 134 valence electrons. The van der Waals surface area contributed by atoms with Crippen molar-refractivity contribution in [3.8, 4) is 0 Å². The van der Waals surface area contributed by atoms with Crippen LogP contribution in [0.5, 0.6) is 0 Å². The second-order valence-corrected chi connectivity index (χ2v) is 4.53. The number of amidine groups is 1. The van der Waals surface area contributed by atoms with Gasteiger partial charge in [-0.1, -0.05) is 0 Å². The highest BCUT2D eigenvalue weighted by atomic mass is 16.6. The van der Waals surface area contributed by atoms with Crippen molar-refractivity contribution in [3.05, 3.63) is 0 Å². The first-order valence-corrected chi connectivity index (χ1v) is 7.02. The van der Waals surface area contributed by atoms with Crippen LogP contribution in [0.4, 0.5) is 14.4 Å². The van der Waals surface area contributed by atoms with E-state index in [-0.39, 0.29) is 19.0 Å². The summed E-state index contributed by atoms with van der Waals surface area (Å²) in [4.78, 5) is 49.9. The van der Waals surface area contributed by atoms with Gasteiger partial charge >= 0.3 is 18.2 Å². The zero-order valence-corrected chi connectivity index (χ0v) is 13.8. The molecule has 1 aliphatic rings. The van der Waals surface area contributed by atoms with Gasteiger partial charge in [-0.2, -0.15) is 10.1 Å². The Morgan fingerprint density at radius 2 is 1.79 bits per heavy atom. The molecular formula is C12H20N6O6. The summed E-state index contributed by atoms with van der Waals surface area (Å²) in [5.41, 5.74) is 2.10. The number of hydrazine groups is 1. The molecule has 24 heavy (non-hydrogen) atoms. The molecule has 3 N–H and O–H groups in total. The summed E-state index contributed by atoms with van der Waals surface area (Å²) in [5, 5.41) is 3.97. The van der Waals surface area contributed by atoms with Gasteiger partial charge < -0.3 is 15.3 Å². The minimum Gasteiger partial charge on any atom is -0.449 e. The lowest BCUT2D eigenvalue weighted by Crippen LogP contribution is -2.69. The Kier molecular flexibility index (Phi) is 6.32. The van der Waals surface area contributed by atoms with Crippen LogP contribution in [-0.4, -0.2) is 78.1 Å². The van der Waals surface area contributed by atoms with Gasteiger partial charge in [0.15, 0.2) is 11.9 Å². The minimum atomic E-state index is -1.49. The average molecular weight is 344 g/mol. The highest BCUT2D eigenvalue weighted by Crippen LogP contribution is 2.16. The fraction of sp³-hybridized carbons (Fsp3) is 0.583. The zero-order valence-electron chi connectivity index (χ0n) is 13.8. The number of rotatable bonds is 3. The first-order chi connectivity index (χ1) is 11.3. The molecule has 1 saturated heterocycles. The van der Waals surface area contributed by atoms with Gasteiger partial charge in [0.1, 0.15) is 0 Å². The molecule has 0 saturated carbocycles. The van der Waals surface area contributed by atoms with E-state index < -0.39 is 30.2 Å². The summed E-state index contributed by atoms with van der Waals surface area (Å²) in [6.45, 7) is 3.13. The Morgan fingerprint density at radius 3 is 2.29 bits per heavy atom. The molecule has 0 aliphatic carbocycles. The predicted octanol–water partition coefficient (Wildman–Crippen LogP) is -0.729. The Balaban J connectivity index is 3.26. The van der Waals surface area contributed by atoms with Crippen molar-refractivity contribution < 1.29 is 28.7 Å². The summed E-state index contributed by atoms with van der Waals surface area (Å²) < 4.78 is 9.52. The molecular weight excluding hydrogens is 324 g/mol. The Labute approximate surface area is 138 Å². The number of carbonyl (C=O) groups is 4. The highest BCUT2D eigenvalue weighted by Gasteiger charge is 2.47. The van der Waals surface area contributed by atoms with Crippen LogP contribution >= 0.6 is 0 Å². The minimum absolute atomic E-state index is 0.0134. The van der Waals surface area contributed by atoms with E-state index in [9.17, 15) is 19.2 Å². The lowest BCUT2D eigenvalue weighted by Gasteiger charge is -2.39. The van der Waals surface area contributed by atoms with E-state index in [1.54, 1.807) is 13.8 Å². The fourth-order valence-electron chi connectivity index (χ4n) is 1.95. The number of hydrogen-bond acceptors (Lipinski definition) is 8. The lowest BCUT2D eigenvalue weighted by molar-refractivity contribution is -0.132. The number of ether oxygens (including phenoxy) is 2. The second kappa shape index (κ2) is 7.99. The van der Waals surface area contributed by atoms with E-state index in [2.05, 4.69) is 10.5 Å². The van der Waals surface area contributed by atoms with Crippen molar-refractivity contribution in [3.63, 3.8) is 0 Å². The third-order valence-corrected chi connectivity index (χ3v) is 3.07. The van der Waals surface area contributed by atoms with Crippen LogP contribution in [-0.2, 0) is 14.3 Å². The summed E-state index contributed by atoms with van der Waals surface area (Å²) in [5.74, 6) is 4.19. The van der Waals surface area contributed by atoms with E-state index in [0.717, 1.165) is 9.80 Å². The molecule has 0 aromatic rings. The van der Waals surface area contributed by atoms with Crippen molar-refractivity contribution in [2.45, 2.75) is 19.9 Å². The molecule has 0 aromatic heterocycles. The molecule has 0 aromatic carbocycles. The number of urea groups is 1.